The van der Waals surface area contributed by atoms with Crippen molar-refractivity contribution >= 4 is 29.5 Å². The average molecular weight is 406 g/mol. The van der Waals surface area contributed by atoms with Crippen LogP contribution in [-0.4, -0.2) is 54.8 Å². The lowest BCUT2D eigenvalue weighted by Crippen LogP contribution is -2.38. The number of ether oxygens (including phenoxy) is 3. The lowest BCUT2D eigenvalue weighted by molar-refractivity contribution is -0.137. The van der Waals surface area contributed by atoms with Crippen molar-refractivity contribution in [2.75, 3.05) is 32.1 Å². The van der Waals surface area contributed by atoms with Crippen molar-refractivity contribution in [1.82, 2.24) is 10.2 Å². The summed E-state index contributed by atoms with van der Waals surface area (Å²) in [7, 11) is 0. The van der Waals surface area contributed by atoms with Crippen LogP contribution in [0.5, 0.6) is 11.5 Å². The SMILES string of the molecule is CCOC(=O)/C=C1\SCC(=O)N1CC(=O)NC(C)c1ccc2c(c1)OCCO2. The molecule has 9 heteroatoms. The normalized spacial score (nSPS) is 18.1. The van der Waals surface area contributed by atoms with Crippen LogP contribution >= 0.6 is 11.8 Å². The maximum absolute atomic E-state index is 12.5. The molecule has 0 aliphatic carbocycles. The first-order chi connectivity index (χ1) is 13.5. The predicted molar refractivity (Wildman–Crippen MR) is 103 cm³/mol. The average Bonchev–Trinajstić information content (AvgIpc) is 3.01. The van der Waals surface area contributed by atoms with Crippen molar-refractivity contribution < 1.29 is 28.6 Å². The summed E-state index contributed by atoms with van der Waals surface area (Å²) in [5.74, 6) is 0.444. The Morgan fingerprint density at radius 2 is 2.07 bits per heavy atom. The Morgan fingerprint density at radius 1 is 1.32 bits per heavy atom. The zero-order chi connectivity index (χ0) is 20.1. The number of nitrogens with one attached hydrogen (secondary N) is 1. The summed E-state index contributed by atoms with van der Waals surface area (Å²) in [5, 5.41) is 3.29. The molecule has 2 aliphatic heterocycles. The minimum Gasteiger partial charge on any atom is -0.486 e. The second kappa shape index (κ2) is 9.01. The molecule has 1 unspecified atom stereocenters. The van der Waals surface area contributed by atoms with Gasteiger partial charge in [0.15, 0.2) is 11.5 Å². The van der Waals surface area contributed by atoms with E-state index in [0.717, 1.165) is 5.56 Å². The number of hydrogen-bond donors (Lipinski definition) is 1. The molecule has 28 heavy (non-hydrogen) atoms. The van der Waals surface area contributed by atoms with Gasteiger partial charge in [-0.2, -0.15) is 0 Å². The summed E-state index contributed by atoms with van der Waals surface area (Å²) in [5.41, 5.74) is 0.863. The van der Waals surface area contributed by atoms with Gasteiger partial charge in [-0.3, -0.25) is 14.5 Å². The number of amides is 2. The van der Waals surface area contributed by atoms with Crippen LogP contribution in [0.3, 0.4) is 0 Å². The van der Waals surface area contributed by atoms with Gasteiger partial charge in [-0.25, -0.2) is 4.79 Å². The summed E-state index contributed by atoms with van der Waals surface area (Å²) in [6.07, 6.45) is 1.25. The van der Waals surface area contributed by atoms with Gasteiger partial charge >= 0.3 is 5.97 Å². The second-order valence-corrected chi connectivity index (χ2v) is 7.19. The molecule has 1 aromatic rings. The standard InChI is InChI=1S/C19H22N2O6S/c1-3-25-19(24)9-18-21(17(23)11-28-18)10-16(22)20-12(2)13-4-5-14-15(8-13)27-7-6-26-14/h4-5,8-9,12H,3,6-7,10-11H2,1-2H3,(H,20,22)/b18-9-. The zero-order valence-corrected chi connectivity index (χ0v) is 16.5. The van der Waals surface area contributed by atoms with E-state index in [1.165, 1.54) is 22.7 Å². The molecule has 1 atom stereocenters. The van der Waals surface area contributed by atoms with Gasteiger partial charge in [0.05, 0.1) is 29.5 Å². The van der Waals surface area contributed by atoms with Crippen molar-refractivity contribution in [3.63, 3.8) is 0 Å². The van der Waals surface area contributed by atoms with E-state index in [2.05, 4.69) is 5.32 Å². The molecule has 1 aromatic carbocycles. The number of hydrogen-bond acceptors (Lipinski definition) is 7. The highest BCUT2D eigenvalue weighted by molar-refractivity contribution is 8.04. The minimum atomic E-state index is -0.533. The molecule has 2 amide bonds. The topological polar surface area (TPSA) is 94.2 Å². The summed E-state index contributed by atoms with van der Waals surface area (Å²) >= 11 is 1.21. The fraction of sp³-hybridized carbons (Fsp3) is 0.421. The third-order valence-corrected chi connectivity index (χ3v) is 5.21. The molecule has 0 radical (unpaired) electrons. The van der Waals surface area contributed by atoms with Gasteiger partial charge in [0.25, 0.3) is 0 Å². The maximum atomic E-state index is 12.5. The first-order valence-corrected chi connectivity index (χ1v) is 9.97. The summed E-state index contributed by atoms with van der Waals surface area (Å²) in [6.45, 7) is 4.64. The second-order valence-electron chi connectivity index (χ2n) is 6.20. The van der Waals surface area contributed by atoms with Gasteiger partial charge in [-0.05, 0) is 31.5 Å². The van der Waals surface area contributed by atoms with E-state index in [1.54, 1.807) is 6.92 Å². The van der Waals surface area contributed by atoms with Gasteiger partial charge in [-0.15, -0.1) is 0 Å². The van der Waals surface area contributed by atoms with Crippen LogP contribution in [0.15, 0.2) is 29.3 Å². The van der Waals surface area contributed by atoms with Gasteiger partial charge in [-0.1, -0.05) is 17.8 Å². The molecule has 0 bridgehead atoms. The molecule has 1 fully saturated rings. The molecule has 1 N–H and O–H groups in total. The van der Waals surface area contributed by atoms with Crippen molar-refractivity contribution in [1.29, 1.82) is 0 Å². The highest BCUT2D eigenvalue weighted by Crippen LogP contribution is 2.33. The van der Waals surface area contributed by atoms with Crippen LogP contribution in [-0.2, 0) is 19.1 Å². The third-order valence-electron chi connectivity index (χ3n) is 4.18. The molecule has 150 valence electrons. The molecule has 3 rings (SSSR count). The van der Waals surface area contributed by atoms with Crippen LogP contribution in [0, 0.1) is 0 Å². The van der Waals surface area contributed by atoms with E-state index < -0.39 is 5.97 Å². The Hall–Kier alpha value is -2.68. The monoisotopic (exact) mass is 406 g/mol. The largest absolute Gasteiger partial charge is 0.486 e. The molecule has 0 aromatic heterocycles. The first kappa shape index (κ1) is 20.1. The first-order valence-electron chi connectivity index (χ1n) is 8.98. The van der Waals surface area contributed by atoms with Gasteiger partial charge in [0.1, 0.15) is 19.8 Å². The van der Waals surface area contributed by atoms with Gasteiger partial charge in [0, 0.05) is 0 Å². The van der Waals surface area contributed by atoms with E-state index in [-0.39, 0.29) is 36.8 Å². The molecule has 2 aliphatic rings. The van der Waals surface area contributed by atoms with Gasteiger partial charge in [0.2, 0.25) is 11.8 Å². The molecule has 0 saturated carbocycles. The number of benzene rings is 1. The quantitative estimate of drug-likeness (QED) is 0.567. The molecule has 1 saturated heterocycles. The number of fused-ring (bicyclic) bond motifs is 1. The predicted octanol–water partition coefficient (Wildman–Crippen LogP) is 1.61. The molecule has 8 nitrogen and oxygen atoms in total. The van der Waals surface area contributed by atoms with E-state index >= 15 is 0 Å². The molecule has 0 spiro atoms. The van der Waals surface area contributed by atoms with E-state index in [0.29, 0.717) is 29.7 Å². The Kier molecular flexibility index (Phi) is 6.45. The number of esters is 1. The third kappa shape index (κ3) is 4.78. The summed E-state index contributed by atoms with van der Waals surface area (Å²) in [6, 6.07) is 5.23. The van der Waals surface area contributed by atoms with E-state index in [1.807, 2.05) is 25.1 Å². The van der Waals surface area contributed by atoms with Crippen LogP contribution in [0.4, 0.5) is 0 Å². The van der Waals surface area contributed by atoms with E-state index in [4.69, 9.17) is 14.2 Å². The zero-order valence-electron chi connectivity index (χ0n) is 15.7. The number of carbonyl (C=O) groups is 3. The molecular weight excluding hydrogens is 384 g/mol. The van der Waals surface area contributed by atoms with Crippen LogP contribution in [0.25, 0.3) is 0 Å². The van der Waals surface area contributed by atoms with Crippen molar-refractivity contribution in [3.8, 4) is 11.5 Å². The molecular formula is C19H22N2O6S. The maximum Gasteiger partial charge on any atom is 0.333 e. The smallest absolute Gasteiger partial charge is 0.333 e. The number of thioether (sulfide) groups is 1. The fourth-order valence-corrected chi connectivity index (χ4v) is 3.76. The van der Waals surface area contributed by atoms with Crippen LogP contribution < -0.4 is 14.8 Å². The Balaban J connectivity index is 1.62. The number of rotatable bonds is 6. The van der Waals surface area contributed by atoms with Gasteiger partial charge < -0.3 is 19.5 Å². The Bertz CT molecular complexity index is 810. The fourth-order valence-electron chi connectivity index (χ4n) is 2.83. The lowest BCUT2D eigenvalue weighted by Gasteiger charge is -2.22. The highest BCUT2D eigenvalue weighted by atomic mass is 32.2. The Morgan fingerprint density at radius 3 is 2.82 bits per heavy atom. The van der Waals surface area contributed by atoms with Crippen LogP contribution in [0.1, 0.15) is 25.5 Å². The summed E-state index contributed by atoms with van der Waals surface area (Å²) in [4.78, 5) is 37.5. The summed E-state index contributed by atoms with van der Waals surface area (Å²) < 4.78 is 15.9. The number of nitrogens with zero attached hydrogens (tertiary/aromatic N) is 1. The van der Waals surface area contributed by atoms with E-state index in [9.17, 15) is 14.4 Å². The van der Waals surface area contributed by atoms with Crippen LogP contribution in [0.2, 0.25) is 0 Å². The highest BCUT2D eigenvalue weighted by Gasteiger charge is 2.29. The van der Waals surface area contributed by atoms with Crippen molar-refractivity contribution in [2.24, 2.45) is 0 Å². The van der Waals surface area contributed by atoms with Crippen molar-refractivity contribution in [3.05, 3.63) is 34.9 Å². The number of carbonyl (C=O) groups excluding carboxylic acids is 3. The lowest BCUT2D eigenvalue weighted by atomic mass is 10.1. The molecule has 2 heterocycles. The Labute approximate surface area is 167 Å². The minimum absolute atomic E-state index is 0.161. The van der Waals surface area contributed by atoms with Crippen molar-refractivity contribution in [2.45, 2.75) is 19.9 Å².